The van der Waals surface area contributed by atoms with Gasteiger partial charge < -0.3 is 19.5 Å². The number of nitrogens with one attached hydrogen (secondary N) is 1. The highest BCUT2D eigenvalue weighted by Crippen LogP contribution is 2.34. The van der Waals surface area contributed by atoms with E-state index in [2.05, 4.69) is 19.2 Å². The molecule has 18 heavy (non-hydrogen) atoms. The Kier molecular flexibility index (Phi) is 5.42. The zero-order valence-electron chi connectivity index (χ0n) is 11.7. The lowest BCUT2D eigenvalue weighted by Crippen LogP contribution is -2.50. The minimum absolute atomic E-state index is 0.0903. The quantitative estimate of drug-likeness (QED) is 0.761. The van der Waals surface area contributed by atoms with Gasteiger partial charge in [-0.15, -0.1) is 0 Å². The molecule has 2 aliphatic rings. The van der Waals surface area contributed by atoms with Crippen molar-refractivity contribution < 1.29 is 14.2 Å². The van der Waals surface area contributed by atoms with Crippen molar-refractivity contribution in [3.05, 3.63) is 0 Å². The van der Waals surface area contributed by atoms with Crippen LogP contribution < -0.4 is 5.32 Å². The topological polar surface area (TPSA) is 39.7 Å². The Morgan fingerprint density at radius 2 is 2.06 bits per heavy atom. The summed E-state index contributed by atoms with van der Waals surface area (Å²) in [6, 6.07) is 0.576. The minimum atomic E-state index is 0.0903. The Bertz CT molecular complexity index is 234. The summed E-state index contributed by atoms with van der Waals surface area (Å²) in [5.41, 5.74) is 0.0903. The third-order valence-corrected chi connectivity index (χ3v) is 3.88. The summed E-state index contributed by atoms with van der Waals surface area (Å²) in [5.74, 6) is 0. The molecule has 1 unspecified atom stereocenters. The molecule has 4 heteroatoms. The standard InChI is InChI=1S/C14H27NO3/c1-12(2)17-10-6-15-13-3-7-18-14(11-13)4-8-16-9-5-14/h12-13,15H,3-11H2,1-2H3. The van der Waals surface area contributed by atoms with Crippen molar-refractivity contribution in [3.63, 3.8) is 0 Å². The van der Waals surface area contributed by atoms with Crippen LogP contribution in [0.25, 0.3) is 0 Å². The maximum Gasteiger partial charge on any atom is 0.0741 e. The molecule has 2 saturated heterocycles. The number of rotatable bonds is 5. The van der Waals surface area contributed by atoms with Crippen LogP contribution in [0.2, 0.25) is 0 Å². The van der Waals surface area contributed by atoms with Gasteiger partial charge in [-0.1, -0.05) is 0 Å². The van der Waals surface area contributed by atoms with Crippen LogP contribution in [0.4, 0.5) is 0 Å². The molecule has 1 spiro atoms. The summed E-state index contributed by atoms with van der Waals surface area (Å²) in [4.78, 5) is 0. The number of hydrogen-bond donors (Lipinski definition) is 1. The van der Waals surface area contributed by atoms with Crippen LogP contribution >= 0.6 is 0 Å². The fraction of sp³-hybridized carbons (Fsp3) is 1.00. The van der Waals surface area contributed by atoms with Crippen LogP contribution in [-0.4, -0.2) is 50.7 Å². The van der Waals surface area contributed by atoms with Gasteiger partial charge in [-0.3, -0.25) is 0 Å². The second-order valence-electron chi connectivity index (χ2n) is 5.71. The summed E-state index contributed by atoms with van der Waals surface area (Å²) in [6.45, 7) is 8.46. The van der Waals surface area contributed by atoms with Crippen molar-refractivity contribution >= 4 is 0 Å². The second kappa shape index (κ2) is 6.85. The molecule has 0 bridgehead atoms. The highest BCUT2D eigenvalue weighted by Gasteiger charge is 2.38. The molecule has 1 N–H and O–H groups in total. The lowest BCUT2D eigenvalue weighted by molar-refractivity contribution is -0.140. The number of ether oxygens (including phenoxy) is 3. The van der Waals surface area contributed by atoms with E-state index in [-0.39, 0.29) is 5.60 Å². The first-order chi connectivity index (χ1) is 8.70. The van der Waals surface area contributed by atoms with Crippen LogP contribution in [0.5, 0.6) is 0 Å². The van der Waals surface area contributed by atoms with Crippen LogP contribution in [0, 0.1) is 0 Å². The molecule has 2 heterocycles. The molecule has 2 aliphatic heterocycles. The van der Waals surface area contributed by atoms with Crippen molar-refractivity contribution in [1.82, 2.24) is 5.32 Å². The van der Waals surface area contributed by atoms with Gasteiger partial charge in [-0.25, -0.2) is 0 Å². The van der Waals surface area contributed by atoms with Gasteiger partial charge in [0.15, 0.2) is 0 Å². The van der Waals surface area contributed by atoms with Crippen molar-refractivity contribution in [2.45, 2.75) is 57.3 Å². The molecule has 0 aliphatic carbocycles. The van der Waals surface area contributed by atoms with Crippen LogP contribution in [-0.2, 0) is 14.2 Å². The zero-order valence-corrected chi connectivity index (χ0v) is 11.7. The highest BCUT2D eigenvalue weighted by molar-refractivity contribution is 4.91. The van der Waals surface area contributed by atoms with Crippen LogP contribution in [0.15, 0.2) is 0 Å². The predicted molar refractivity (Wildman–Crippen MR) is 70.8 cm³/mol. The van der Waals surface area contributed by atoms with Gasteiger partial charge in [0, 0.05) is 32.4 Å². The monoisotopic (exact) mass is 257 g/mol. The van der Waals surface area contributed by atoms with Crippen LogP contribution in [0.3, 0.4) is 0 Å². The van der Waals surface area contributed by atoms with Gasteiger partial charge in [0.1, 0.15) is 0 Å². The van der Waals surface area contributed by atoms with E-state index >= 15 is 0 Å². The van der Waals surface area contributed by atoms with E-state index in [1.165, 1.54) is 0 Å². The molecule has 4 nitrogen and oxygen atoms in total. The largest absolute Gasteiger partial charge is 0.381 e. The number of hydrogen-bond acceptors (Lipinski definition) is 4. The van der Waals surface area contributed by atoms with E-state index in [0.29, 0.717) is 12.1 Å². The van der Waals surface area contributed by atoms with Gasteiger partial charge >= 0.3 is 0 Å². The minimum Gasteiger partial charge on any atom is -0.381 e. The molecular formula is C14H27NO3. The van der Waals surface area contributed by atoms with E-state index in [4.69, 9.17) is 14.2 Å². The Balaban J connectivity index is 1.69. The maximum absolute atomic E-state index is 6.03. The van der Waals surface area contributed by atoms with E-state index in [9.17, 15) is 0 Å². The molecule has 0 aromatic heterocycles. The van der Waals surface area contributed by atoms with Crippen molar-refractivity contribution in [2.75, 3.05) is 33.0 Å². The van der Waals surface area contributed by atoms with E-state index in [1.807, 2.05) is 0 Å². The molecule has 0 aromatic rings. The van der Waals surface area contributed by atoms with Gasteiger partial charge in [-0.2, -0.15) is 0 Å². The fourth-order valence-electron chi connectivity index (χ4n) is 2.85. The van der Waals surface area contributed by atoms with E-state index in [0.717, 1.165) is 58.7 Å². The van der Waals surface area contributed by atoms with E-state index in [1.54, 1.807) is 0 Å². The molecule has 2 fully saturated rings. The van der Waals surface area contributed by atoms with Gasteiger partial charge in [0.2, 0.25) is 0 Å². The maximum atomic E-state index is 6.03. The molecule has 2 rings (SSSR count). The normalized spacial score (nSPS) is 27.8. The first kappa shape index (κ1) is 14.3. The smallest absolute Gasteiger partial charge is 0.0741 e. The Morgan fingerprint density at radius 1 is 1.28 bits per heavy atom. The SMILES string of the molecule is CC(C)OCCNC1CCOC2(CCOCC2)C1. The predicted octanol–water partition coefficient (Wildman–Crippen LogP) is 1.73. The lowest BCUT2D eigenvalue weighted by Gasteiger charge is -2.43. The van der Waals surface area contributed by atoms with Crippen molar-refractivity contribution in [2.24, 2.45) is 0 Å². The molecule has 1 atom stereocenters. The summed E-state index contributed by atoms with van der Waals surface area (Å²) in [6.07, 6.45) is 4.66. The first-order valence-corrected chi connectivity index (χ1v) is 7.27. The molecule has 0 saturated carbocycles. The van der Waals surface area contributed by atoms with E-state index < -0.39 is 0 Å². The van der Waals surface area contributed by atoms with Gasteiger partial charge in [0.25, 0.3) is 0 Å². The summed E-state index contributed by atoms with van der Waals surface area (Å²) in [7, 11) is 0. The van der Waals surface area contributed by atoms with Crippen molar-refractivity contribution in [3.8, 4) is 0 Å². The zero-order chi connectivity index (χ0) is 12.8. The Hall–Kier alpha value is -0.160. The third kappa shape index (κ3) is 4.19. The molecule has 0 aromatic carbocycles. The first-order valence-electron chi connectivity index (χ1n) is 7.27. The summed E-state index contributed by atoms with van der Waals surface area (Å²) < 4.78 is 17.0. The Labute approximate surface area is 110 Å². The molecule has 0 amide bonds. The summed E-state index contributed by atoms with van der Waals surface area (Å²) in [5, 5.41) is 3.60. The fourth-order valence-corrected chi connectivity index (χ4v) is 2.85. The van der Waals surface area contributed by atoms with Gasteiger partial charge in [0.05, 0.1) is 18.3 Å². The Morgan fingerprint density at radius 3 is 2.78 bits per heavy atom. The molecule has 0 radical (unpaired) electrons. The second-order valence-corrected chi connectivity index (χ2v) is 5.71. The van der Waals surface area contributed by atoms with Crippen molar-refractivity contribution in [1.29, 1.82) is 0 Å². The molecular weight excluding hydrogens is 230 g/mol. The highest BCUT2D eigenvalue weighted by atomic mass is 16.5. The molecule has 106 valence electrons. The van der Waals surface area contributed by atoms with Crippen LogP contribution in [0.1, 0.15) is 39.5 Å². The lowest BCUT2D eigenvalue weighted by atomic mass is 9.84. The third-order valence-electron chi connectivity index (χ3n) is 3.88. The summed E-state index contributed by atoms with van der Waals surface area (Å²) >= 11 is 0. The van der Waals surface area contributed by atoms with Gasteiger partial charge in [-0.05, 0) is 39.5 Å². The average molecular weight is 257 g/mol. The average Bonchev–Trinajstić information content (AvgIpc) is 2.36.